The van der Waals surface area contributed by atoms with Gasteiger partial charge >= 0.3 is 0 Å². The highest BCUT2D eigenvalue weighted by molar-refractivity contribution is 6.62. The zero-order valence-electron chi connectivity index (χ0n) is 10.6. The van der Waals surface area contributed by atoms with Gasteiger partial charge in [0.25, 0.3) is 0 Å². The van der Waals surface area contributed by atoms with Crippen molar-refractivity contribution in [3.63, 3.8) is 0 Å². The molecule has 0 heterocycles. The van der Waals surface area contributed by atoms with E-state index in [1.807, 2.05) is 0 Å². The third-order valence-electron chi connectivity index (χ3n) is 7.23. The summed E-state index contributed by atoms with van der Waals surface area (Å²) in [6.07, 6.45) is 4.00. The largest absolute Gasteiger partial charge is 0.298 e. The Morgan fingerprint density at radius 1 is 0.600 bits per heavy atom. The molecule has 0 aromatic rings. The number of carbonyl (C=O) groups is 2. The van der Waals surface area contributed by atoms with E-state index in [9.17, 15) is 9.59 Å². The Labute approximate surface area is 136 Å². The van der Waals surface area contributed by atoms with Gasteiger partial charge in [-0.1, -0.05) is 59.2 Å². The molecule has 5 rings (SSSR count). The molecule has 5 aliphatic rings. The molecule has 0 aliphatic heterocycles. The fourth-order valence-electron chi connectivity index (χ4n) is 6.46. The molecule has 0 bridgehead atoms. The average Bonchev–Trinajstić information content (AvgIpc) is 2.91. The second-order valence-corrected chi connectivity index (χ2v) is 9.79. The molecule has 4 atom stereocenters. The molecular formula is C14H12Cl4O2. The van der Waals surface area contributed by atoms with Crippen LogP contribution in [0, 0.1) is 21.7 Å². The summed E-state index contributed by atoms with van der Waals surface area (Å²) in [5, 5.41) is 0. The lowest BCUT2D eigenvalue weighted by molar-refractivity contribution is -0.144. The maximum absolute atomic E-state index is 13.3. The normalized spacial score (nSPS) is 59.6. The van der Waals surface area contributed by atoms with Crippen molar-refractivity contribution in [2.75, 3.05) is 0 Å². The van der Waals surface area contributed by atoms with Crippen LogP contribution in [-0.4, -0.2) is 20.2 Å². The van der Waals surface area contributed by atoms with E-state index in [-0.39, 0.29) is 11.6 Å². The first kappa shape index (κ1) is 13.0. The van der Waals surface area contributed by atoms with Gasteiger partial charge in [-0.3, -0.25) is 9.59 Å². The van der Waals surface area contributed by atoms with Gasteiger partial charge in [0.1, 0.15) is 8.67 Å². The van der Waals surface area contributed by atoms with E-state index in [0.29, 0.717) is 25.7 Å². The van der Waals surface area contributed by atoms with Gasteiger partial charge in [0.2, 0.25) is 0 Å². The minimum atomic E-state index is -1.25. The van der Waals surface area contributed by atoms with Crippen molar-refractivity contribution in [1.82, 2.24) is 0 Å². The van der Waals surface area contributed by atoms with Crippen LogP contribution in [0.25, 0.3) is 0 Å². The van der Waals surface area contributed by atoms with Crippen LogP contribution in [-0.2, 0) is 9.59 Å². The van der Waals surface area contributed by atoms with Crippen molar-refractivity contribution in [3.8, 4) is 0 Å². The topological polar surface area (TPSA) is 34.1 Å². The molecule has 6 heteroatoms. The van der Waals surface area contributed by atoms with Gasteiger partial charge in [-0.05, 0) is 25.7 Å². The Hall–Kier alpha value is 0.500. The van der Waals surface area contributed by atoms with E-state index < -0.39 is 30.3 Å². The third kappa shape index (κ3) is 0.692. The highest BCUT2D eigenvalue weighted by Crippen LogP contribution is 2.99. The minimum absolute atomic E-state index is 0.0189. The molecule has 0 N–H and O–H groups in total. The van der Waals surface area contributed by atoms with Crippen molar-refractivity contribution in [1.29, 1.82) is 0 Å². The van der Waals surface area contributed by atoms with Gasteiger partial charge in [0.05, 0.1) is 21.7 Å². The van der Waals surface area contributed by atoms with Crippen LogP contribution in [0.4, 0.5) is 0 Å². The van der Waals surface area contributed by atoms with Crippen molar-refractivity contribution in [3.05, 3.63) is 0 Å². The van der Waals surface area contributed by atoms with Crippen molar-refractivity contribution >= 4 is 58.0 Å². The molecule has 5 saturated carbocycles. The fraction of sp³-hybridized carbons (Fsp3) is 0.857. The smallest absolute Gasteiger partial charge is 0.153 e. The predicted molar refractivity (Wildman–Crippen MR) is 76.3 cm³/mol. The molecule has 2 nitrogen and oxygen atoms in total. The molecular weight excluding hydrogens is 342 g/mol. The van der Waals surface area contributed by atoms with Gasteiger partial charge in [-0.25, -0.2) is 0 Å². The lowest BCUT2D eigenvalue weighted by Crippen LogP contribution is -2.42. The SMILES string of the molecule is O=C1C23CCCC2(C(=O)C24CCCC12C4(Cl)Cl)C3(Cl)Cl. The summed E-state index contributed by atoms with van der Waals surface area (Å²) in [5.41, 5.74) is -3.67. The van der Waals surface area contributed by atoms with E-state index in [1.165, 1.54) is 0 Å². The maximum atomic E-state index is 13.3. The average molecular weight is 354 g/mol. The Morgan fingerprint density at radius 2 is 0.850 bits per heavy atom. The van der Waals surface area contributed by atoms with E-state index in [1.54, 1.807) is 0 Å². The Morgan fingerprint density at radius 3 is 1.10 bits per heavy atom. The van der Waals surface area contributed by atoms with E-state index in [4.69, 9.17) is 46.4 Å². The van der Waals surface area contributed by atoms with Crippen molar-refractivity contribution < 1.29 is 9.59 Å². The summed E-state index contributed by atoms with van der Waals surface area (Å²) in [5.74, 6) is -0.0378. The van der Waals surface area contributed by atoms with E-state index >= 15 is 0 Å². The van der Waals surface area contributed by atoms with Crippen LogP contribution in [0.2, 0.25) is 0 Å². The molecule has 4 unspecified atom stereocenters. The van der Waals surface area contributed by atoms with Crippen LogP contribution in [0.1, 0.15) is 38.5 Å². The Bertz CT molecular complexity index is 531. The molecule has 20 heavy (non-hydrogen) atoms. The first-order chi connectivity index (χ1) is 9.22. The van der Waals surface area contributed by atoms with Crippen LogP contribution >= 0.6 is 46.4 Å². The summed E-state index contributed by atoms with van der Waals surface area (Å²) in [4.78, 5) is 26.6. The molecule has 108 valence electrons. The highest BCUT2D eigenvalue weighted by Gasteiger charge is 3.09. The number of Topliss-reactive ketones (excluding diaryl/α,β-unsaturated/α-hetero) is 2. The zero-order chi connectivity index (χ0) is 14.4. The second-order valence-electron chi connectivity index (χ2n) is 7.14. The van der Waals surface area contributed by atoms with Crippen LogP contribution in [0.15, 0.2) is 0 Å². The number of alkyl halides is 4. The number of halogens is 4. The fourth-order valence-corrected chi connectivity index (χ4v) is 9.01. The van der Waals surface area contributed by atoms with Gasteiger partial charge in [0, 0.05) is 0 Å². The molecule has 5 fully saturated rings. The van der Waals surface area contributed by atoms with E-state index in [2.05, 4.69) is 0 Å². The molecule has 5 aliphatic carbocycles. The molecule has 0 aromatic heterocycles. The number of hydrogen-bond acceptors (Lipinski definition) is 2. The van der Waals surface area contributed by atoms with Crippen LogP contribution in [0.3, 0.4) is 0 Å². The van der Waals surface area contributed by atoms with Crippen LogP contribution in [0.5, 0.6) is 0 Å². The maximum Gasteiger partial charge on any atom is 0.153 e. The highest BCUT2D eigenvalue weighted by atomic mass is 35.5. The number of ketones is 2. The number of rotatable bonds is 0. The molecule has 0 saturated heterocycles. The van der Waals surface area contributed by atoms with Crippen LogP contribution < -0.4 is 0 Å². The van der Waals surface area contributed by atoms with Crippen molar-refractivity contribution in [2.45, 2.75) is 47.2 Å². The number of hydrogen-bond donors (Lipinski definition) is 0. The summed E-state index contributed by atoms with van der Waals surface area (Å²) in [6, 6.07) is 0. The minimum Gasteiger partial charge on any atom is -0.298 e. The lowest BCUT2D eigenvalue weighted by Gasteiger charge is -2.28. The molecule has 0 radical (unpaired) electrons. The molecule has 0 amide bonds. The summed E-state index contributed by atoms with van der Waals surface area (Å²) >= 11 is 25.9. The zero-order valence-corrected chi connectivity index (χ0v) is 13.6. The second kappa shape index (κ2) is 2.84. The van der Waals surface area contributed by atoms with Gasteiger partial charge in [-0.2, -0.15) is 0 Å². The monoisotopic (exact) mass is 352 g/mol. The van der Waals surface area contributed by atoms with Gasteiger partial charge in [0.15, 0.2) is 11.6 Å². The van der Waals surface area contributed by atoms with Crippen molar-refractivity contribution in [2.24, 2.45) is 21.7 Å². The summed E-state index contributed by atoms with van der Waals surface area (Å²) in [6.45, 7) is 0. The molecule has 0 spiro atoms. The Kier molecular flexibility index (Phi) is 1.84. The number of carbonyl (C=O) groups excluding carboxylic acids is 2. The standard InChI is InChI=1S/C14H12Cl4O2/c15-13(16)9-3-1-4-10(9,13)8(20)12-6-2-5-11(12,7(9)19)14(12,17)18/h1-6H2. The molecule has 0 aromatic carbocycles. The third-order valence-corrected chi connectivity index (χ3v) is 9.81. The quantitative estimate of drug-likeness (QED) is 0.620. The first-order valence-electron chi connectivity index (χ1n) is 7.08. The van der Waals surface area contributed by atoms with Gasteiger partial charge < -0.3 is 0 Å². The lowest BCUT2D eigenvalue weighted by atomic mass is 9.69. The predicted octanol–water partition coefficient (Wildman–Crippen LogP) is 3.83. The van der Waals surface area contributed by atoms with E-state index in [0.717, 1.165) is 12.8 Å². The summed E-state index contributed by atoms with van der Waals surface area (Å²) in [7, 11) is 0. The van der Waals surface area contributed by atoms with Gasteiger partial charge in [-0.15, -0.1) is 0 Å². The summed E-state index contributed by atoms with van der Waals surface area (Å²) < 4.78 is -2.50. The first-order valence-corrected chi connectivity index (χ1v) is 8.59. The Balaban J connectivity index is 1.84.